The maximum Gasteiger partial charge on any atom is 0.122 e. The molecule has 4 N–H and O–H groups in total. The van der Waals surface area contributed by atoms with Crippen molar-refractivity contribution in [3.8, 4) is 0 Å². The Morgan fingerprint density at radius 2 is 1.94 bits per heavy atom. The fraction of sp³-hybridized carbons (Fsp3) is 0.500. The molecule has 1 aromatic carbocycles. The predicted octanol–water partition coefficient (Wildman–Crippen LogP) is 1.56. The molecular formula is C14H23N3O. The van der Waals surface area contributed by atoms with Gasteiger partial charge in [-0.25, -0.2) is 0 Å². The van der Waals surface area contributed by atoms with Crippen LogP contribution < -0.4 is 5.73 Å². The lowest BCUT2D eigenvalue weighted by Gasteiger charge is -2.26. The fourth-order valence-electron chi connectivity index (χ4n) is 1.82. The zero-order chi connectivity index (χ0) is 13.5. The van der Waals surface area contributed by atoms with Crippen LogP contribution in [0.3, 0.4) is 0 Å². The maximum absolute atomic E-state index is 8.90. The number of nitrogens with one attached hydrogen (secondary N) is 1. The van der Waals surface area contributed by atoms with Crippen LogP contribution in [-0.2, 0) is 6.54 Å². The molecule has 0 heterocycles. The van der Waals surface area contributed by atoms with E-state index in [9.17, 15) is 0 Å². The smallest absolute Gasteiger partial charge is 0.122 e. The first-order chi connectivity index (χ1) is 8.54. The van der Waals surface area contributed by atoms with E-state index in [2.05, 4.69) is 18.7 Å². The van der Waals surface area contributed by atoms with Crippen molar-refractivity contribution in [1.82, 2.24) is 4.90 Å². The molecule has 0 radical (unpaired) electrons. The summed E-state index contributed by atoms with van der Waals surface area (Å²) in [5.41, 5.74) is 7.38. The van der Waals surface area contributed by atoms with Crippen molar-refractivity contribution in [3.05, 3.63) is 35.4 Å². The summed E-state index contributed by atoms with van der Waals surface area (Å²) in [5, 5.41) is 16.2. The van der Waals surface area contributed by atoms with E-state index in [0.29, 0.717) is 6.04 Å². The van der Waals surface area contributed by atoms with E-state index in [1.807, 2.05) is 24.3 Å². The molecule has 1 aromatic rings. The van der Waals surface area contributed by atoms with Gasteiger partial charge in [-0.2, -0.15) is 0 Å². The fourth-order valence-corrected chi connectivity index (χ4v) is 1.82. The summed E-state index contributed by atoms with van der Waals surface area (Å²) in [7, 11) is 0. The van der Waals surface area contributed by atoms with Gasteiger partial charge in [-0.1, -0.05) is 24.3 Å². The second-order valence-electron chi connectivity index (χ2n) is 4.75. The third-order valence-corrected chi connectivity index (χ3v) is 2.98. The van der Waals surface area contributed by atoms with Gasteiger partial charge in [0.15, 0.2) is 0 Å². The van der Waals surface area contributed by atoms with E-state index in [1.165, 1.54) is 5.56 Å². The summed E-state index contributed by atoms with van der Waals surface area (Å²) in [6, 6.07) is 8.21. The van der Waals surface area contributed by atoms with Crippen LogP contribution in [0.1, 0.15) is 31.4 Å². The Hall–Kier alpha value is -1.39. The zero-order valence-corrected chi connectivity index (χ0v) is 11.2. The Labute approximate surface area is 109 Å². The molecule has 0 fully saturated rings. The van der Waals surface area contributed by atoms with Crippen LogP contribution in [0.2, 0.25) is 0 Å². The number of hydrogen-bond donors (Lipinski definition) is 3. The van der Waals surface area contributed by atoms with Crippen molar-refractivity contribution in [3.63, 3.8) is 0 Å². The Morgan fingerprint density at radius 3 is 2.39 bits per heavy atom. The minimum absolute atomic E-state index is 0.0996. The number of nitrogens with two attached hydrogens (primary N) is 1. The lowest BCUT2D eigenvalue weighted by atomic mass is 10.1. The molecule has 0 saturated heterocycles. The van der Waals surface area contributed by atoms with Gasteiger partial charge in [0.05, 0.1) is 0 Å². The topological polar surface area (TPSA) is 73.3 Å². The van der Waals surface area contributed by atoms with Gasteiger partial charge in [0.1, 0.15) is 5.84 Å². The molecule has 4 heteroatoms. The van der Waals surface area contributed by atoms with Gasteiger partial charge in [0.25, 0.3) is 0 Å². The van der Waals surface area contributed by atoms with Crippen LogP contribution in [-0.4, -0.2) is 35.0 Å². The molecule has 0 aliphatic rings. The second-order valence-corrected chi connectivity index (χ2v) is 4.75. The lowest BCUT2D eigenvalue weighted by molar-refractivity contribution is 0.185. The first-order valence-corrected chi connectivity index (χ1v) is 6.33. The van der Waals surface area contributed by atoms with Crippen molar-refractivity contribution in [2.75, 3.05) is 13.2 Å². The number of amidine groups is 1. The Balaban J connectivity index is 2.65. The Kier molecular flexibility index (Phi) is 5.82. The van der Waals surface area contributed by atoms with Crippen molar-refractivity contribution in [2.24, 2.45) is 5.73 Å². The molecule has 0 aliphatic carbocycles. The summed E-state index contributed by atoms with van der Waals surface area (Å²) >= 11 is 0. The van der Waals surface area contributed by atoms with Crippen LogP contribution in [0.15, 0.2) is 24.3 Å². The molecule has 0 aromatic heterocycles. The lowest BCUT2D eigenvalue weighted by Crippen LogP contribution is -2.31. The average molecular weight is 249 g/mol. The third kappa shape index (κ3) is 4.47. The van der Waals surface area contributed by atoms with Gasteiger partial charge in [0, 0.05) is 31.3 Å². The van der Waals surface area contributed by atoms with Gasteiger partial charge in [-0.3, -0.25) is 10.3 Å². The minimum Gasteiger partial charge on any atom is -0.396 e. The van der Waals surface area contributed by atoms with Crippen LogP contribution in [0.25, 0.3) is 0 Å². The van der Waals surface area contributed by atoms with E-state index in [0.717, 1.165) is 25.1 Å². The van der Waals surface area contributed by atoms with Crippen LogP contribution in [0.4, 0.5) is 0 Å². The summed E-state index contributed by atoms with van der Waals surface area (Å²) in [4.78, 5) is 2.32. The first-order valence-electron chi connectivity index (χ1n) is 6.33. The van der Waals surface area contributed by atoms with Crippen LogP contribution >= 0.6 is 0 Å². The first kappa shape index (κ1) is 14.7. The summed E-state index contributed by atoms with van der Waals surface area (Å²) in [6.07, 6.45) is 0.795. The van der Waals surface area contributed by atoms with Crippen molar-refractivity contribution in [1.29, 1.82) is 5.41 Å². The summed E-state index contributed by atoms with van der Waals surface area (Å²) in [6.45, 7) is 6.29. The number of rotatable bonds is 7. The molecule has 0 amide bonds. The third-order valence-electron chi connectivity index (χ3n) is 2.98. The largest absolute Gasteiger partial charge is 0.396 e. The molecule has 4 nitrogen and oxygen atoms in total. The number of benzene rings is 1. The van der Waals surface area contributed by atoms with Crippen molar-refractivity contribution in [2.45, 2.75) is 32.9 Å². The quantitative estimate of drug-likeness (QED) is 0.507. The van der Waals surface area contributed by atoms with Crippen molar-refractivity contribution >= 4 is 5.84 Å². The molecule has 18 heavy (non-hydrogen) atoms. The zero-order valence-electron chi connectivity index (χ0n) is 11.2. The number of hydrogen-bond acceptors (Lipinski definition) is 3. The molecule has 0 unspecified atom stereocenters. The minimum atomic E-state index is 0.0996. The molecule has 0 bridgehead atoms. The molecule has 1 rings (SSSR count). The number of aliphatic hydroxyl groups excluding tert-OH is 1. The molecular weight excluding hydrogens is 226 g/mol. The van der Waals surface area contributed by atoms with E-state index >= 15 is 0 Å². The average Bonchev–Trinajstić information content (AvgIpc) is 2.34. The standard InChI is InChI=1S/C14H23N3O/c1-11(2)17(8-3-9-18)10-12-4-6-13(7-5-12)14(15)16/h4-7,11,18H,3,8-10H2,1-2H3,(H3,15,16). The molecule has 0 aliphatic heterocycles. The van der Waals surface area contributed by atoms with Crippen LogP contribution in [0, 0.1) is 5.41 Å². The van der Waals surface area contributed by atoms with Crippen LogP contribution in [0.5, 0.6) is 0 Å². The van der Waals surface area contributed by atoms with E-state index in [1.54, 1.807) is 0 Å². The normalized spacial score (nSPS) is 11.2. The van der Waals surface area contributed by atoms with E-state index in [-0.39, 0.29) is 12.4 Å². The summed E-state index contributed by atoms with van der Waals surface area (Å²) < 4.78 is 0. The van der Waals surface area contributed by atoms with Gasteiger partial charge in [-0.05, 0) is 25.8 Å². The number of aliphatic hydroxyl groups is 1. The Morgan fingerprint density at radius 1 is 1.33 bits per heavy atom. The second kappa shape index (κ2) is 7.13. The molecule has 0 saturated carbocycles. The van der Waals surface area contributed by atoms with E-state index < -0.39 is 0 Å². The van der Waals surface area contributed by atoms with E-state index in [4.69, 9.17) is 16.2 Å². The van der Waals surface area contributed by atoms with Crippen molar-refractivity contribution < 1.29 is 5.11 Å². The summed E-state index contributed by atoms with van der Waals surface area (Å²) in [5.74, 6) is 0.0996. The van der Waals surface area contributed by atoms with Gasteiger partial charge in [-0.15, -0.1) is 0 Å². The number of nitrogen functional groups attached to an aromatic ring is 1. The monoisotopic (exact) mass is 249 g/mol. The highest BCUT2D eigenvalue weighted by Gasteiger charge is 2.09. The highest BCUT2D eigenvalue weighted by molar-refractivity contribution is 5.94. The van der Waals surface area contributed by atoms with Gasteiger partial charge >= 0.3 is 0 Å². The molecule has 0 spiro atoms. The molecule has 100 valence electrons. The number of nitrogens with zero attached hydrogens (tertiary/aromatic N) is 1. The van der Waals surface area contributed by atoms with Gasteiger partial charge in [0.2, 0.25) is 0 Å². The highest BCUT2D eigenvalue weighted by Crippen LogP contribution is 2.10. The van der Waals surface area contributed by atoms with Gasteiger partial charge < -0.3 is 10.8 Å². The predicted molar refractivity (Wildman–Crippen MR) is 74.7 cm³/mol. The maximum atomic E-state index is 8.90. The molecule has 0 atom stereocenters. The highest BCUT2D eigenvalue weighted by atomic mass is 16.3. The SMILES string of the molecule is CC(C)N(CCCO)Cc1ccc(C(=N)N)cc1. The Bertz CT molecular complexity index is 373.